The van der Waals surface area contributed by atoms with E-state index < -0.39 is 22.7 Å². The van der Waals surface area contributed by atoms with Gasteiger partial charge in [-0.1, -0.05) is 0 Å². The van der Waals surface area contributed by atoms with E-state index in [1.54, 1.807) is 13.1 Å². The highest BCUT2D eigenvalue weighted by Gasteiger charge is 2.37. The lowest BCUT2D eigenvalue weighted by Gasteiger charge is -2.26. The molecule has 1 aromatic carbocycles. The molecule has 1 atom stereocenters. The van der Waals surface area contributed by atoms with Gasteiger partial charge in [-0.3, -0.25) is 24.6 Å². The van der Waals surface area contributed by atoms with E-state index in [9.17, 15) is 19.7 Å². The first-order chi connectivity index (χ1) is 12.3. The number of aromatic nitrogens is 3. The van der Waals surface area contributed by atoms with Gasteiger partial charge in [0.1, 0.15) is 0 Å². The quantitative estimate of drug-likeness (QED) is 0.326. The van der Waals surface area contributed by atoms with E-state index >= 15 is 0 Å². The molecule has 11 nitrogen and oxygen atoms in total. The lowest BCUT2D eigenvalue weighted by atomic mass is 9.99. The second-order valence-electron chi connectivity index (χ2n) is 5.47. The Hall–Kier alpha value is -3.94. The summed E-state index contributed by atoms with van der Waals surface area (Å²) in [6, 6.07) is 5.28. The Labute approximate surface area is 146 Å². The number of non-ortho nitro benzene ring substituents is 1. The normalized spacial score (nSPS) is 17.0. The largest absolute Gasteiger partial charge is 0.282 e. The molecule has 1 aromatic heterocycles. The minimum Gasteiger partial charge on any atom is -0.280 e. The SMILES string of the molecule is CC1C(=O)N(C)C(=O)c2nn(-c3ccc([N+](=O)[O-])cc3)c(=NC#N)nc21. The summed E-state index contributed by atoms with van der Waals surface area (Å²) >= 11 is 0. The smallest absolute Gasteiger partial charge is 0.280 e. The van der Waals surface area contributed by atoms with Crippen LogP contribution < -0.4 is 5.62 Å². The Balaban J connectivity index is 2.25. The van der Waals surface area contributed by atoms with Gasteiger partial charge in [0.15, 0.2) is 5.69 Å². The monoisotopic (exact) mass is 353 g/mol. The third-order valence-corrected chi connectivity index (χ3v) is 3.93. The van der Waals surface area contributed by atoms with Crippen LogP contribution in [-0.2, 0) is 4.79 Å². The van der Waals surface area contributed by atoms with E-state index in [0.29, 0.717) is 5.69 Å². The number of amides is 2. The van der Waals surface area contributed by atoms with Crippen molar-refractivity contribution in [3.05, 3.63) is 51.4 Å². The van der Waals surface area contributed by atoms with Crippen molar-refractivity contribution in [3.63, 3.8) is 0 Å². The summed E-state index contributed by atoms with van der Waals surface area (Å²) < 4.78 is 1.13. The van der Waals surface area contributed by atoms with Crippen LogP contribution in [0.5, 0.6) is 0 Å². The first-order valence-corrected chi connectivity index (χ1v) is 7.36. The Kier molecular flexibility index (Phi) is 4.01. The molecule has 1 aliphatic heterocycles. The highest BCUT2D eigenvalue weighted by molar-refractivity contribution is 6.09. The molecular formula is C15H11N7O4. The van der Waals surface area contributed by atoms with Crippen LogP contribution in [0.1, 0.15) is 29.0 Å². The highest BCUT2D eigenvalue weighted by atomic mass is 16.6. The number of rotatable bonds is 2. The van der Waals surface area contributed by atoms with Gasteiger partial charge in [0, 0.05) is 19.2 Å². The summed E-state index contributed by atoms with van der Waals surface area (Å²) in [5.41, 5.74) is 0.131. The molecule has 0 aliphatic carbocycles. The number of nitro groups is 1. The van der Waals surface area contributed by atoms with Crippen LogP contribution in [0.15, 0.2) is 29.3 Å². The molecule has 1 unspecified atom stereocenters. The summed E-state index contributed by atoms with van der Waals surface area (Å²) in [4.78, 5) is 43.4. The number of benzene rings is 1. The van der Waals surface area contributed by atoms with Crippen LogP contribution in [0, 0.1) is 21.6 Å². The molecule has 0 N–H and O–H groups in total. The Morgan fingerprint density at radius 3 is 2.54 bits per heavy atom. The van der Waals surface area contributed by atoms with Crippen molar-refractivity contribution in [2.75, 3.05) is 7.05 Å². The minimum absolute atomic E-state index is 0.0464. The minimum atomic E-state index is -0.723. The van der Waals surface area contributed by atoms with Gasteiger partial charge < -0.3 is 0 Å². The van der Waals surface area contributed by atoms with Gasteiger partial charge in [-0.05, 0) is 19.1 Å². The number of carbonyl (C=O) groups excluding carboxylic acids is 2. The van der Waals surface area contributed by atoms with Crippen LogP contribution in [0.3, 0.4) is 0 Å². The molecule has 1 aliphatic rings. The second kappa shape index (κ2) is 6.17. The van der Waals surface area contributed by atoms with Crippen molar-refractivity contribution in [1.29, 1.82) is 5.26 Å². The number of hydrogen-bond acceptors (Lipinski definition) is 8. The molecule has 0 radical (unpaired) electrons. The van der Waals surface area contributed by atoms with Gasteiger partial charge in [-0.25, -0.2) is 4.98 Å². The number of imide groups is 1. The molecule has 130 valence electrons. The van der Waals surface area contributed by atoms with Gasteiger partial charge in [-0.15, -0.1) is 4.99 Å². The zero-order valence-corrected chi connectivity index (χ0v) is 13.7. The number of nitrogens with zero attached hydrogens (tertiary/aromatic N) is 7. The average molecular weight is 353 g/mol. The maximum Gasteiger partial charge on any atom is 0.282 e. The second-order valence-corrected chi connectivity index (χ2v) is 5.47. The van der Waals surface area contributed by atoms with Crippen molar-refractivity contribution >= 4 is 17.5 Å². The molecule has 3 rings (SSSR count). The zero-order chi connectivity index (χ0) is 19.0. The number of fused-ring (bicyclic) bond motifs is 1. The van der Waals surface area contributed by atoms with Crippen LogP contribution >= 0.6 is 0 Å². The molecule has 2 heterocycles. The molecule has 0 fully saturated rings. The first kappa shape index (κ1) is 16.9. The van der Waals surface area contributed by atoms with E-state index in [2.05, 4.69) is 15.1 Å². The zero-order valence-electron chi connectivity index (χ0n) is 13.7. The van der Waals surface area contributed by atoms with Crippen molar-refractivity contribution in [2.45, 2.75) is 12.8 Å². The number of likely N-dealkylation sites (N-methyl/N-ethyl adjacent to an activating group) is 1. The van der Waals surface area contributed by atoms with E-state index in [1.807, 2.05) is 0 Å². The molecule has 0 spiro atoms. The topological polar surface area (TPSA) is 147 Å². The van der Waals surface area contributed by atoms with E-state index in [0.717, 1.165) is 9.58 Å². The fourth-order valence-electron chi connectivity index (χ4n) is 2.53. The van der Waals surface area contributed by atoms with Gasteiger partial charge in [0.25, 0.3) is 17.2 Å². The van der Waals surface area contributed by atoms with Crippen molar-refractivity contribution in [2.24, 2.45) is 4.99 Å². The third kappa shape index (κ3) is 2.59. The summed E-state index contributed by atoms with van der Waals surface area (Å²) in [5.74, 6) is -1.79. The summed E-state index contributed by atoms with van der Waals surface area (Å²) in [7, 11) is 1.34. The van der Waals surface area contributed by atoms with Crippen LogP contribution in [-0.4, -0.2) is 43.4 Å². The van der Waals surface area contributed by atoms with Crippen molar-refractivity contribution in [3.8, 4) is 11.9 Å². The van der Waals surface area contributed by atoms with Gasteiger partial charge >= 0.3 is 0 Å². The fraction of sp³-hybridized carbons (Fsp3) is 0.200. The predicted octanol–water partition coefficient (Wildman–Crippen LogP) is 0.273. The van der Waals surface area contributed by atoms with Crippen LogP contribution in [0.4, 0.5) is 5.69 Å². The van der Waals surface area contributed by atoms with Crippen molar-refractivity contribution < 1.29 is 14.5 Å². The summed E-state index contributed by atoms with van der Waals surface area (Å²) in [5, 5.41) is 23.9. The number of hydrogen-bond donors (Lipinski definition) is 0. The maximum atomic E-state index is 12.4. The fourth-order valence-corrected chi connectivity index (χ4v) is 2.53. The predicted molar refractivity (Wildman–Crippen MR) is 84.7 cm³/mol. The molecule has 26 heavy (non-hydrogen) atoms. The molecule has 2 aromatic rings. The van der Waals surface area contributed by atoms with Crippen molar-refractivity contribution in [1.82, 2.24) is 19.7 Å². The number of nitriles is 1. The van der Waals surface area contributed by atoms with Crippen LogP contribution in [0.25, 0.3) is 5.69 Å². The van der Waals surface area contributed by atoms with Crippen LogP contribution in [0.2, 0.25) is 0 Å². The lowest BCUT2D eigenvalue weighted by Crippen LogP contribution is -2.45. The molecular weight excluding hydrogens is 342 g/mol. The Bertz CT molecular complexity index is 1050. The summed E-state index contributed by atoms with van der Waals surface area (Å²) in [6.07, 6.45) is 1.59. The molecule has 2 amide bonds. The van der Waals surface area contributed by atoms with Gasteiger partial charge in [-0.2, -0.15) is 15.0 Å². The summed E-state index contributed by atoms with van der Waals surface area (Å²) in [6.45, 7) is 1.57. The molecule has 11 heteroatoms. The first-order valence-electron chi connectivity index (χ1n) is 7.36. The molecule has 0 bridgehead atoms. The molecule has 0 saturated heterocycles. The standard InChI is InChI=1S/C15H11N7O4/c1-8-11-12(14(24)20(2)13(8)23)19-21(15(18-11)17-7-16)9-3-5-10(6-4-9)22(25)26/h3-6,8H,1-2H3. The average Bonchev–Trinajstić information content (AvgIpc) is 2.64. The number of nitro benzene ring substituents is 1. The Morgan fingerprint density at radius 2 is 1.96 bits per heavy atom. The Morgan fingerprint density at radius 1 is 1.31 bits per heavy atom. The molecule has 0 saturated carbocycles. The van der Waals surface area contributed by atoms with E-state index in [4.69, 9.17) is 5.26 Å². The van der Waals surface area contributed by atoms with Gasteiger partial charge in [0.2, 0.25) is 12.1 Å². The maximum absolute atomic E-state index is 12.4. The van der Waals surface area contributed by atoms with Gasteiger partial charge in [0.05, 0.1) is 22.2 Å². The van der Waals surface area contributed by atoms with E-state index in [-0.39, 0.29) is 22.7 Å². The van der Waals surface area contributed by atoms with E-state index in [1.165, 1.54) is 31.3 Å². The highest BCUT2D eigenvalue weighted by Crippen LogP contribution is 2.24. The third-order valence-electron chi connectivity index (χ3n) is 3.93. The number of carbonyl (C=O) groups is 2. The lowest BCUT2D eigenvalue weighted by molar-refractivity contribution is -0.384.